The Morgan fingerprint density at radius 2 is 2.00 bits per heavy atom. The van der Waals surface area contributed by atoms with Gasteiger partial charge in [0.1, 0.15) is 0 Å². The lowest BCUT2D eigenvalue weighted by molar-refractivity contribution is 0.614. The third-order valence-electron chi connectivity index (χ3n) is 2.52. The van der Waals surface area contributed by atoms with E-state index in [2.05, 4.69) is 15.3 Å². The fraction of sp³-hybridized carbons (Fsp3) is 0.231. The number of benzene rings is 1. The quantitative estimate of drug-likeness (QED) is 0.900. The average Bonchev–Trinajstić information content (AvgIpc) is 2.41. The van der Waals surface area contributed by atoms with E-state index in [1.165, 1.54) is 6.20 Å². The predicted octanol–water partition coefficient (Wildman–Crippen LogP) is 2.82. The molecule has 18 heavy (non-hydrogen) atoms. The van der Waals surface area contributed by atoms with Crippen molar-refractivity contribution in [3.63, 3.8) is 0 Å². The molecule has 0 fully saturated rings. The zero-order valence-electron chi connectivity index (χ0n) is 10.4. The minimum absolute atomic E-state index is 0.257. The summed E-state index contributed by atoms with van der Waals surface area (Å²) < 4.78 is 13.8. The Hall–Kier alpha value is -2.17. The maximum atomic E-state index is 13.8. The Labute approximate surface area is 105 Å². The topological polar surface area (TPSA) is 41.1 Å². The first-order chi connectivity index (χ1) is 8.72. The van der Waals surface area contributed by atoms with Crippen molar-refractivity contribution in [2.45, 2.75) is 6.92 Å². The second kappa shape index (κ2) is 5.44. The van der Waals surface area contributed by atoms with Crippen LogP contribution in [0.15, 0.2) is 36.5 Å². The van der Waals surface area contributed by atoms with E-state index < -0.39 is 5.82 Å². The van der Waals surface area contributed by atoms with Crippen LogP contribution in [0.1, 0.15) is 6.92 Å². The highest BCUT2D eigenvalue weighted by atomic mass is 19.1. The molecule has 0 atom stereocenters. The molecule has 0 bridgehead atoms. The standard InChI is InChI=1S/C13H15FN4/c1-3-15-13-16-9-11(14)12(17-13)18(2)10-7-5-4-6-8-10/h4-9H,3H2,1-2H3,(H,15,16,17). The lowest BCUT2D eigenvalue weighted by Crippen LogP contribution is -2.15. The van der Waals surface area contributed by atoms with E-state index in [9.17, 15) is 4.39 Å². The molecule has 1 aromatic heterocycles. The molecule has 5 heteroatoms. The van der Waals surface area contributed by atoms with Gasteiger partial charge in [-0.2, -0.15) is 4.98 Å². The second-order valence-electron chi connectivity index (χ2n) is 3.79. The summed E-state index contributed by atoms with van der Waals surface area (Å²) in [5, 5.41) is 2.97. The van der Waals surface area contributed by atoms with E-state index in [0.717, 1.165) is 5.69 Å². The minimum Gasteiger partial charge on any atom is -0.354 e. The fourth-order valence-corrected chi connectivity index (χ4v) is 1.61. The summed E-state index contributed by atoms with van der Waals surface area (Å²) in [7, 11) is 1.77. The normalized spacial score (nSPS) is 10.2. The Kier molecular flexibility index (Phi) is 3.72. The fourth-order valence-electron chi connectivity index (χ4n) is 1.61. The molecular formula is C13H15FN4. The van der Waals surface area contributed by atoms with Crippen LogP contribution in [0, 0.1) is 5.82 Å². The highest BCUT2D eigenvalue weighted by Crippen LogP contribution is 2.24. The van der Waals surface area contributed by atoms with Gasteiger partial charge in [-0.15, -0.1) is 0 Å². The molecule has 0 amide bonds. The molecule has 0 saturated carbocycles. The van der Waals surface area contributed by atoms with E-state index >= 15 is 0 Å². The van der Waals surface area contributed by atoms with Gasteiger partial charge in [0.25, 0.3) is 0 Å². The minimum atomic E-state index is -0.442. The zero-order chi connectivity index (χ0) is 13.0. The Morgan fingerprint density at radius 1 is 1.28 bits per heavy atom. The van der Waals surface area contributed by atoms with Gasteiger partial charge in [0.15, 0.2) is 11.6 Å². The summed E-state index contributed by atoms with van der Waals surface area (Å²) in [5.74, 6) is 0.242. The van der Waals surface area contributed by atoms with E-state index in [-0.39, 0.29) is 5.82 Å². The van der Waals surface area contributed by atoms with Crippen LogP contribution in [0.4, 0.5) is 21.8 Å². The number of anilines is 3. The van der Waals surface area contributed by atoms with Gasteiger partial charge < -0.3 is 10.2 Å². The number of para-hydroxylation sites is 1. The molecule has 0 aliphatic carbocycles. The molecule has 0 aliphatic heterocycles. The smallest absolute Gasteiger partial charge is 0.224 e. The summed E-state index contributed by atoms with van der Waals surface area (Å²) in [6, 6.07) is 9.51. The SMILES string of the molecule is CCNc1ncc(F)c(N(C)c2ccccc2)n1. The van der Waals surface area contributed by atoms with E-state index in [0.29, 0.717) is 12.5 Å². The van der Waals surface area contributed by atoms with Gasteiger partial charge >= 0.3 is 0 Å². The first kappa shape index (κ1) is 12.3. The van der Waals surface area contributed by atoms with Crippen LogP contribution in [0.5, 0.6) is 0 Å². The summed E-state index contributed by atoms with van der Waals surface area (Å²) >= 11 is 0. The molecule has 2 rings (SSSR count). The lowest BCUT2D eigenvalue weighted by Gasteiger charge is -2.19. The van der Waals surface area contributed by atoms with Crippen molar-refractivity contribution in [3.8, 4) is 0 Å². The second-order valence-corrected chi connectivity index (χ2v) is 3.79. The summed E-state index contributed by atoms with van der Waals surface area (Å²) in [6.45, 7) is 2.63. The Bertz CT molecular complexity index is 516. The molecule has 0 aliphatic rings. The third kappa shape index (κ3) is 2.56. The molecule has 0 radical (unpaired) electrons. The van der Waals surface area contributed by atoms with Crippen molar-refractivity contribution in [3.05, 3.63) is 42.3 Å². The number of nitrogens with zero attached hydrogens (tertiary/aromatic N) is 3. The number of aromatic nitrogens is 2. The predicted molar refractivity (Wildman–Crippen MR) is 70.7 cm³/mol. The Morgan fingerprint density at radius 3 is 2.67 bits per heavy atom. The van der Waals surface area contributed by atoms with Gasteiger partial charge in [-0.25, -0.2) is 9.37 Å². The first-order valence-electron chi connectivity index (χ1n) is 5.77. The van der Waals surface area contributed by atoms with Crippen LogP contribution >= 0.6 is 0 Å². The lowest BCUT2D eigenvalue weighted by atomic mass is 10.3. The number of hydrogen-bond acceptors (Lipinski definition) is 4. The highest BCUT2D eigenvalue weighted by Gasteiger charge is 2.12. The molecule has 4 nitrogen and oxygen atoms in total. The Balaban J connectivity index is 2.35. The van der Waals surface area contributed by atoms with Gasteiger partial charge in [0, 0.05) is 19.3 Å². The van der Waals surface area contributed by atoms with Gasteiger partial charge in [0.2, 0.25) is 5.95 Å². The first-order valence-corrected chi connectivity index (χ1v) is 5.77. The molecule has 0 saturated heterocycles. The van der Waals surface area contributed by atoms with Gasteiger partial charge in [-0.3, -0.25) is 0 Å². The highest BCUT2D eigenvalue weighted by molar-refractivity contribution is 5.60. The van der Waals surface area contributed by atoms with Crippen molar-refractivity contribution in [1.82, 2.24) is 9.97 Å². The zero-order valence-corrected chi connectivity index (χ0v) is 10.4. The van der Waals surface area contributed by atoms with E-state index in [4.69, 9.17) is 0 Å². The van der Waals surface area contributed by atoms with Crippen molar-refractivity contribution in [1.29, 1.82) is 0 Å². The maximum Gasteiger partial charge on any atom is 0.224 e. The maximum absolute atomic E-state index is 13.8. The van der Waals surface area contributed by atoms with Crippen LogP contribution in [0.25, 0.3) is 0 Å². The summed E-state index contributed by atoms with van der Waals surface area (Å²) in [4.78, 5) is 9.74. The van der Waals surface area contributed by atoms with Crippen molar-refractivity contribution in [2.75, 3.05) is 23.8 Å². The molecule has 1 aromatic carbocycles. The summed E-state index contributed by atoms with van der Waals surface area (Å²) in [5.41, 5.74) is 0.873. The van der Waals surface area contributed by atoms with Crippen molar-refractivity contribution >= 4 is 17.5 Å². The molecule has 0 spiro atoms. The monoisotopic (exact) mass is 246 g/mol. The van der Waals surface area contributed by atoms with Crippen LogP contribution in [0.2, 0.25) is 0 Å². The third-order valence-corrected chi connectivity index (χ3v) is 2.52. The van der Waals surface area contributed by atoms with Gasteiger partial charge in [-0.05, 0) is 19.1 Å². The largest absolute Gasteiger partial charge is 0.354 e. The van der Waals surface area contributed by atoms with E-state index in [1.807, 2.05) is 37.3 Å². The van der Waals surface area contributed by atoms with Gasteiger partial charge in [-0.1, -0.05) is 18.2 Å². The molecule has 1 heterocycles. The number of hydrogen-bond donors (Lipinski definition) is 1. The van der Waals surface area contributed by atoms with Crippen LogP contribution in [-0.2, 0) is 0 Å². The molecule has 0 unspecified atom stereocenters. The molecule has 94 valence electrons. The summed E-state index contributed by atoms with van der Waals surface area (Å²) in [6.07, 6.45) is 1.18. The van der Waals surface area contributed by atoms with Crippen molar-refractivity contribution < 1.29 is 4.39 Å². The van der Waals surface area contributed by atoms with Gasteiger partial charge in [0.05, 0.1) is 6.20 Å². The number of nitrogens with one attached hydrogen (secondary N) is 1. The molecule has 2 aromatic rings. The molecular weight excluding hydrogens is 231 g/mol. The van der Waals surface area contributed by atoms with Crippen LogP contribution in [-0.4, -0.2) is 23.6 Å². The van der Waals surface area contributed by atoms with Crippen LogP contribution in [0.3, 0.4) is 0 Å². The van der Waals surface area contributed by atoms with Crippen LogP contribution < -0.4 is 10.2 Å². The number of rotatable bonds is 4. The average molecular weight is 246 g/mol. The molecule has 1 N–H and O–H groups in total. The van der Waals surface area contributed by atoms with E-state index in [1.54, 1.807) is 11.9 Å². The van der Waals surface area contributed by atoms with Crippen molar-refractivity contribution in [2.24, 2.45) is 0 Å². The number of halogens is 1.